The van der Waals surface area contributed by atoms with E-state index in [0.29, 0.717) is 11.5 Å². The zero-order valence-electron chi connectivity index (χ0n) is 22.2. The Hall–Kier alpha value is -2.02. The van der Waals surface area contributed by atoms with Gasteiger partial charge in [0.05, 0.1) is 12.0 Å². The molecule has 2 fully saturated rings. The van der Waals surface area contributed by atoms with E-state index >= 15 is 0 Å². The monoisotopic (exact) mass is 498 g/mol. The molecule has 36 heavy (non-hydrogen) atoms. The Kier molecular flexibility index (Phi) is 7.28. The fourth-order valence-electron chi connectivity index (χ4n) is 7.55. The molecule has 4 aliphatic carbocycles. The van der Waals surface area contributed by atoms with Gasteiger partial charge in [-0.2, -0.15) is 0 Å². The Morgan fingerprint density at radius 2 is 1.97 bits per heavy atom. The highest BCUT2D eigenvalue weighted by atomic mass is 16.6. The Labute approximate surface area is 214 Å². The molecule has 6 heteroatoms. The molecule has 0 aromatic carbocycles. The number of carbonyl (C=O) groups is 2. The van der Waals surface area contributed by atoms with Crippen LogP contribution in [0.15, 0.2) is 47.6 Å². The quantitative estimate of drug-likeness (QED) is 0.153. The predicted octanol–water partition coefficient (Wildman–Crippen LogP) is 4.06. The lowest BCUT2D eigenvalue weighted by molar-refractivity contribution is -0.202. The molecule has 0 saturated heterocycles. The molecule has 0 radical (unpaired) electrons. The molecule has 0 aromatic heterocycles. The van der Waals surface area contributed by atoms with Crippen molar-refractivity contribution in [1.29, 1.82) is 0 Å². The number of aliphatic hydroxyl groups excluding tert-OH is 2. The van der Waals surface area contributed by atoms with Crippen LogP contribution in [0, 0.1) is 34.5 Å². The van der Waals surface area contributed by atoms with Crippen LogP contribution in [0.4, 0.5) is 0 Å². The fraction of sp³-hybridized carbons (Fsp3) is 0.667. The maximum atomic E-state index is 14.3. The van der Waals surface area contributed by atoms with Gasteiger partial charge in [-0.25, -0.2) is 4.79 Å². The second kappa shape index (κ2) is 9.70. The summed E-state index contributed by atoms with van der Waals surface area (Å²) in [5.41, 5.74) is -2.79. The fourth-order valence-corrected chi connectivity index (χ4v) is 7.55. The molecule has 0 aromatic rings. The second-order valence-corrected chi connectivity index (χ2v) is 12.0. The smallest absolute Gasteiger partial charge is 0.331 e. The van der Waals surface area contributed by atoms with Crippen molar-refractivity contribution in [3.05, 3.63) is 47.6 Å². The largest absolute Gasteiger partial charge is 0.451 e. The molecule has 198 valence electrons. The van der Waals surface area contributed by atoms with Crippen molar-refractivity contribution in [2.45, 2.75) is 84.5 Å². The first-order valence-electron chi connectivity index (χ1n) is 13.5. The maximum Gasteiger partial charge on any atom is 0.331 e. The third-order valence-electron chi connectivity index (χ3n) is 9.59. The minimum absolute atomic E-state index is 0.0376. The van der Waals surface area contributed by atoms with Gasteiger partial charge in [0.2, 0.25) is 0 Å². The van der Waals surface area contributed by atoms with E-state index in [9.17, 15) is 24.9 Å². The number of unbranched alkanes of at least 4 members (excludes halogenated alkanes) is 3. The van der Waals surface area contributed by atoms with E-state index in [-0.39, 0.29) is 28.6 Å². The molecule has 3 N–H and O–H groups in total. The summed E-state index contributed by atoms with van der Waals surface area (Å²) in [4.78, 5) is 27.2. The standard InChI is InChI=1S/C30H42O6/c1-6-7-8-9-10-11-12-13-23(32)36-27-20(17-31)15-21-24-22(28(24,4)5)14-19(3)29(26(21)34)16-18(2)25(33)30(27,29)35/h10-13,15-16,19,21-22,24-25,27,31,33,35H,6-9,14,17H2,1-5H3/b11-10+,13-12+/t19-,21+,22-,24+,25+,27-,29+,30-/m1/s1. The van der Waals surface area contributed by atoms with Gasteiger partial charge in [-0.3, -0.25) is 4.79 Å². The summed E-state index contributed by atoms with van der Waals surface area (Å²) in [6.07, 6.45) is 12.4. The molecule has 2 saturated carbocycles. The van der Waals surface area contributed by atoms with Crippen molar-refractivity contribution < 1.29 is 29.6 Å². The number of ketones is 1. The first kappa shape index (κ1) is 27.0. The second-order valence-electron chi connectivity index (χ2n) is 12.0. The van der Waals surface area contributed by atoms with E-state index in [1.165, 1.54) is 6.08 Å². The van der Waals surface area contributed by atoms with Crippen molar-refractivity contribution >= 4 is 11.8 Å². The predicted molar refractivity (Wildman–Crippen MR) is 138 cm³/mol. The average Bonchev–Trinajstić information content (AvgIpc) is 3.34. The highest BCUT2D eigenvalue weighted by molar-refractivity contribution is 5.95. The van der Waals surface area contributed by atoms with Gasteiger partial charge in [0.15, 0.2) is 17.5 Å². The summed E-state index contributed by atoms with van der Waals surface area (Å²) in [6, 6.07) is 0. The van der Waals surface area contributed by atoms with Gasteiger partial charge in [0, 0.05) is 12.0 Å². The zero-order valence-corrected chi connectivity index (χ0v) is 22.2. The van der Waals surface area contributed by atoms with Gasteiger partial charge in [0.25, 0.3) is 0 Å². The number of aliphatic hydroxyl groups is 3. The number of fused-ring (bicyclic) bond motifs is 3. The lowest BCUT2D eigenvalue weighted by Crippen LogP contribution is -2.66. The highest BCUT2D eigenvalue weighted by Gasteiger charge is 2.76. The molecule has 1 spiro atoms. The van der Waals surface area contributed by atoms with Gasteiger partial charge in [-0.15, -0.1) is 0 Å². The normalized spacial score (nSPS) is 40.8. The van der Waals surface area contributed by atoms with Crippen LogP contribution in [-0.2, 0) is 14.3 Å². The minimum atomic E-state index is -2.10. The summed E-state index contributed by atoms with van der Waals surface area (Å²) in [5, 5.41) is 34.0. The van der Waals surface area contributed by atoms with Crippen LogP contribution in [0.1, 0.15) is 66.7 Å². The minimum Gasteiger partial charge on any atom is -0.451 e. The molecule has 4 aliphatic rings. The maximum absolute atomic E-state index is 14.3. The summed E-state index contributed by atoms with van der Waals surface area (Å²) < 4.78 is 5.81. The van der Waals surface area contributed by atoms with Crippen molar-refractivity contribution in [2.75, 3.05) is 6.61 Å². The van der Waals surface area contributed by atoms with Gasteiger partial charge in [-0.1, -0.05) is 70.9 Å². The van der Waals surface area contributed by atoms with Gasteiger partial charge in [0.1, 0.15) is 6.10 Å². The van der Waals surface area contributed by atoms with E-state index in [1.54, 1.807) is 31.2 Å². The molecule has 0 aliphatic heterocycles. The Morgan fingerprint density at radius 3 is 2.64 bits per heavy atom. The number of ether oxygens (including phenoxy) is 1. The lowest BCUT2D eigenvalue weighted by Gasteiger charge is -2.49. The summed E-state index contributed by atoms with van der Waals surface area (Å²) >= 11 is 0. The van der Waals surface area contributed by atoms with Crippen LogP contribution in [0.3, 0.4) is 0 Å². The number of hydrogen-bond donors (Lipinski definition) is 3. The molecule has 8 atom stereocenters. The molecule has 4 rings (SSSR count). The first-order valence-corrected chi connectivity index (χ1v) is 13.5. The average molecular weight is 499 g/mol. The zero-order chi connectivity index (χ0) is 26.5. The van der Waals surface area contributed by atoms with Crippen LogP contribution in [0.2, 0.25) is 0 Å². The van der Waals surface area contributed by atoms with E-state index in [2.05, 4.69) is 20.8 Å². The van der Waals surface area contributed by atoms with Crippen molar-refractivity contribution in [1.82, 2.24) is 0 Å². The summed E-state index contributed by atoms with van der Waals surface area (Å²) in [6.45, 7) is 9.62. The molecule has 0 heterocycles. The third-order valence-corrected chi connectivity index (χ3v) is 9.59. The van der Waals surface area contributed by atoms with Crippen LogP contribution < -0.4 is 0 Å². The Morgan fingerprint density at radius 1 is 1.25 bits per heavy atom. The summed E-state index contributed by atoms with van der Waals surface area (Å²) in [5.74, 6) is -1.27. The molecule has 2 bridgehead atoms. The Balaban J connectivity index is 1.71. The molecule has 6 nitrogen and oxygen atoms in total. The van der Waals surface area contributed by atoms with Crippen LogP contribution in [0.5, 0.6) is 0 Å². The highest BCUT2D eigenvalue weighted by Crippen LogP contribution is 2.71. The van der Waals surface area contributed by atoms with E-state index in [4.69, 9.17) is 4.74 Å². The molecular weight excluding hydrogens is 456 g/mol. The summed E-state index contributed by atoms with van der Waals surface area (Å²) in [7, 11) is 0. The number of esters is 1. The lowest BCUT2D eigenvalue weighted by atomic mass is 9.59. The number of rotatable bonds is 8. The van der Waals surface area contributed by atoms with Crippen LogP contribution in [-0.4, -0.2) is 51.5 Å². The van der Waals surface area contributed by atoms with Crippen molar-refractivity contribution in [3.8, 4) is 0 Å². The van der Waals surface area contributed by atoms with Gasteiger partial charge < -0.3 is 20.1 Å². The van der Waals surface area contributed by atoms with Crippen LogP contribution in [0.25, 0.3) is 0 Å². The third kappa shape index (κ3) is 3.88. The van der Waals surface area contributed by atoms with Gasteiger partial charge in [-0.05, 0) is 60.5 Å². The SMILES string of the molecule is CCCCC/C=C/C=C/C(=O)O[C@@H]1C(CO)=C[C@@H]2C(=O)[C@]3(C=C(C)[C@H](O)[C@@]13O)[C@H](C)C[C@@H]1[C@H]2C1(C)C. The number of carbonyl (C=O) groups excluding carboxylic acids is 2. The van der Waals surface area contributed by atoms with E-state index in [0.717, 1.165) is 32.1 Å². The van der Waals surface area contributed by atoms with Gasteiger partial charge >= 0.3 is 5.97 Å². The van der Waals surface area contributed by atoms with Crippen molar-refractivity contribution in [3.63, 3.8) is 0 Å². The van der Waals surface area contributed by atoms with Crippen LogP contribution >= 0.6 is 0 Å². The molecule has 0 unspecified atom stereocenters. The molecule has 0 amide bonds. The number of allylic oxidation sites excluding steroid dienone is 4. The topological polar surface area (TPSA) is 104 Å². The Bertz CT molecular complexity index is 1020. The first-order chi connectivity index (χ1) is 17.0. The van der Waals surface area contributed by atoms with Crippen molar-refractivity contribution in [2.24, 2.45) is 34.5 Å². The number of hydrogen-bond acceptors (Lipinski definition) is 6. The van der Waals surface area contributed by atoms with E-state index in [1.807, 2.05) is 13.0 Å². The number of Topliss-reactive ketones (excluding diaryl/α,β-unsaturated/α-hetero) is 1. The molecular formula is C30H42O6. The van der Waals surface area contributed by atoms with E-state index < -0.39 is 41.7 Å².